The van der Waals surface area contributed by atoms with Gasteiger partial charge < -0.3 is 44.0 Å². The highest BCUT2D eigenvalue weighted by Crippen LogP contribution is 2.16. The summed E-state index contributed by atoms with van der Waals surface area (Å²) < 4.78 is 23.9. The number of aliphatic hydroxyl groups excluding tert-OH is 1. The number of carboxylic acids is 1. The molecule has 0 aromatic heterocycles. The van der Waals surface area contributed by atoms with Gasteiger partial charge in [-0.2, -0.15) is 0 Å². The van der Waals surface area contributed by atoms with Crippen LogP contribution in [0.1, 0.15) is 55.4 Å². The fourth-order valence-electron chi connectivity index (χ4n) is 2.95. The first kappa shape index (κ1) is 57.5. The Bertz CT molecular complexity index is 1290. The number of amides is 8. The molecule has 0 saturated carbocycles. The van der Waals surface area contributed by atoms with Gasteiger partial charge in [-0.1, -0.05) is 32.3 Å². The fourth-order valence-corrected chi connectivity index (χ4v) is 2.95. The minimum atomic E-state index is -1.90. The number of carbonyl (C=O) groups excluding carboxylic acids is 7. The molecule has 0 spiro atoms. The number of hydrogen-bond donors (Lipinski definition) is 2. The number of urea groups is 4. The number of rotatable bonds is 11. The highest BCUT2D eigenvalue weighted by atomic mass is 35.7. The van der Waals surface area contributed by atoms with E-state index in [0.29, 0.717) is 12.5 Å². The first-order valence-electron chi connectivity index (χ1n) is 16.6. The van der Waals surface area contributed by atoms with Crippen LogP contribution in [0.25, 0.3) is 0 Å². The van der Waals surface area contributed by atoms with Gasteiger partial charge in [-0.25, -0.2) is 48.2 Å². The topological polar surface area (TPSA) is 241 Å². The van der Waals surface area contributed by atoms with Crippen LogP contribution < -0.4 is 0 Å². The summed E-state index contributed by atoms with van der Waals surface area (Å²) in [6.07, 6.45) is -2.09. The lowest BCUT2D eigenvalue weighted by Crippen LogP contribution is -2.51. The number of likely N-dealkylation sites (N-methyl/N-ethyl adjacent to an activating group) is 2. The maximum Gasteiger partial charge on any atom is 0.532 e. The van der Waals surface area contributed by atoms with Crippen molar-refractivity contribution in [2.75, 3.05) is 69.6 Å². The van der Waals surface area contributed by atoms with Crippen LogP contribution >= 0.6 is 18.3 Å². The molecule has 20 nitrogen and oxygen atoms in total. The van der Waals surface area contributed by atoms with E-state index in [1.54, 1.807) is 0 Å². The van der Waals surface area contributed by atoms with Gasteiger partial charge in [0.15, 0.2) is 17.3 Å². The molecule has 0 aliphatic carbocycles. The SMILES string of the molecule is CC(C(=O)O)N(C)C(=O)N(C)C(=O)N(C)C.CC(C)COC(=O)C(C)O.CC(C)COC(=O)C(C)OC(=O)C(C)N(C)C(=O)N(C)C(=O)N(C)C.[B][P+](=O)Cl. The van der Waals surface area contributed by atoms with Crippen molar-refractivity contribution in [1.82, 2.24) is 29.4 Å². The highest BCUT2D eigenvalue weighted by molar-refractivity contribution is 7.93. The molecule has 5 atom stereocenters. The Kier molecular flexibility index (Phi) is 30.4. The molecule has 316 valence electrons. The number of imide groups is 2. The third-order valence-electron chi connectivity index (χ3n) is 6.46. The Morgan fingerprint density at radius 1 is 0.600 bits per heavy atom. The number of hydrogen-bond acceptors (Lipinski definition) is 13. The Balaban J connectivity index is -0.000000368. The summed E-state index contributed by atoms with van der Waals surface area (Å²) in [6, 6.07) is -4.32. The minimum Gasteiger partial charge on any atom is -0.480 e. The molecule has 8 amide bonds. The lowest BCUT2D eigenvalue weighted by molar-refractivity contribution is -0.169. The molecule has 2 radical (unpaired) electrons. The molecule has 0 aromatic carbocycles. The van der Waals surface area contributed by atoms with Crippen molar-refractivity contribution in [1.29, 1.82) is 0 Å². The van der Waals surface area contributed by atoms with E-state index in [-0.39, 0.29) is 12.5 Å². The van der Waals surface area contributed by atoms with Gasteiger partial charge in [0, 0.05) is 56.4 Å². The quantitative estimate of drug-likeness (QED) is 0.132. The molecule has 0 aliphatic heterocycles. The van der Waals surface area contributed by atoms with Crippen molar-refractivity contribution in [3.05, 3.63) is 0 Å². The van der Waals surface area contributed by atoms with Crippen molar-refractivity contribution >= 4 is 73.8 Å². The molecule has 0 saturated heterocycles. The summed E-state index contributed by atoms with van der Waals surface area (Å²) in [6.45, 7) is 13.9. The van der Waals surface area contributed by atoms with Crippen LogP contribution in [0.2, 0.25) is 0 Å². The van der Waals surface area contributed by atoms with E-state index in [1.165, 1.54) is 93.9 Å². The van der Waals surface area contributed by atoms with Crippen LogP contribution in [-0.4, -0.2) is 189 Å². The molecule has 5 unspecified atom stereocenters. The van der Waals surface area contributed by atoms with Gasteiger partial charge in [0.25, 0.3) is 0 Å². The van der Waals surface area contributed by atoms with E-state index >= 15 is 0 Å². The van der Waals surface area contributed by atoms with Crippen LogP contribution in [0, 0.1) is 11.8 Å². The molecule has 2 N–H and O–H groups in total. The van der Waals surface area contributed by atoms with Crippen molar-refractivity contribution < 1.29 is 67.3 Å². The average Bonchev–Trinajstić information content (AvgIpc) is 3.09. The van der Waals surface area contributed by atoms with Gasteiger partial charge in [0.1, 0.15) is 18.2 Å². The smallest absolute Gasteiger partial charge is 0.480 e. The van der Waals surface area contributed by atoms with Crippen LogP contribution in [0.15, 0.2) is 0 Å². The highest BCUT2D eigenvalue weighted by Gasteiger charge is 2.31. The standard InChI is InChI=1S/C16H29N3O6.C9H17N3O4.C7H14O3.BClOP/c1-10(2)9-24-14(21)12(4)25-13(20)11(3)18(7)16(23)19(8)15(22)17(5)6;1-6(7(13)14)11(4)9(16)12(5)8(15)10(2)3;1-5(2)4-10-7(9)6(3)8;1-4(2)3/h10-12H,9H2,1-8H3;6H,1-5H3,(H,13,14);5-6,8H,4H2,1-3H3;/q;;;+1. The average molecular weight is 830 g/mol. The molecule has 23 heteroatoms. The maximum atomic E-state index is 12.2. The van der Waals surface area contributed by atoms with E-state index in [2.05, 4.69) is 23.5 Å². The maximum absolute atomic E-state index is 12.2. The van der Waals surface area contributed by atoms with Gasteiger partial charge in [-0.15, -0.1) is 0 Å². The van der Waals surface area contributed by atoms with Crippen molar-refractivity contribution in [2.24, 2.45) is 11.8 Å². The van der Waals surface area contributed by atoms with E-state index in [4.69, 9.17) is 24.3 Å². The van der Waals surface area contributed by atoms with Crippen LogP contribution in [-0.2, 0) is 38.0 Å². The summed E-state index contributed by atoms with van der Waals surface area (Å²) in [5.74, 6) is -2.60. The molecule has 0 aliphatic rings. The van der Waals surface area contributed by atoms with Crippen LogP contribution in [0.4, 0.5) is 19.2 Å². The zero-order valence-corrected chi connectivity index (χ0v) is 36.4. The largest absolute Gasteiger partial charge is 0.532 e. The summed E-state index contributed by atoms with van der Waals surface area (Å²) in [5.41, 5.74) is 0. The third kappa shape index (κ3) is 26.3. The van der Waals surface area contributed by atoms with Crippen molar-refractivity contribution in [2.45, 2.75) is 79.7 Å². The second-order valence-electron chi connectivity index (χ2n) is 13.0. The number of carboxylic acid groups (broad SMARTS) is 1. The lowest BCUT2D eigenvalue weighted by atomic mass is 10.2. The Hall–Kier alpha value is -4.23. The first-order valence-corrected chi connectivity index (χ1v) is 18.9. The predicted molar refractivity (Wildman–Crippen MR) is 205 cm³/mol. The van der Waals surface area contributed by atoms with E-state index < -0.39 is 79.3 Å². The minimum absolute atomic E-state index is 0.166. The van der Waals surface area contributed by atoms with Gasteiger partial charge in [0.05, 0.1) is 13.2 Å². The van der Waals surface area contributed by atoms with Crippen molar-refractivity contribution in [3.63, 3.8) is 0 Å². The molecule has 0 heterocycles. The van der Waals surface area contributed by atoms with Crippen LogP contribution in [0.3, 0.4) is 0 Å². The second kappa shape index (κ2) is 29.1. The monoisotopic (exact) mass is 829 g/mol. The third-order valence-corrected chi connectivity index (χ3v) is 6.46. The van der Waals surface area contributed by atoms with E-state index in [0.717, 1.165) is 19.6 Å². The molecule has 0 bridgehead atoms. The van der Waals surface area contributed by atoms with Gasteiger partial charge in [-0.3, -0.25) is 0 Å². The lowest BCUT2D eigenvalue weighted by Gasteiger charge is -2.29. The summed E-state index contributed by atoms with van der Waals surface area (Å²) >= 11 is 4.56. The number of nitrogens with zero attached hydrogens (tertiary/aromatic N) is 6. The normalized spacial score (nSPS) is 12.4. The number of aliphatic hydroxyl groups is 1. The second-order valence-corrected chi connectivity index (χ2v) is 14.6. The number of ether oxygens (including phenoxy) is 3. The fraction of sp³-hybridized carbons (Fsp3) is 0.750. The zero-order chi connectivity index (χ0) is 44.7. The van der Waals surface area contributed by atoms with Crippen molar-refractivity contribution in [3.8, 4) is 0 Å². The summed E-state index contributed by atoms with van der Waals surface area (Å²) in [5, 5.41) is 17.4. The molecule has 0 rings (SSSR count). The molecular weight excluding hydrogens is 770 g/mol. The van der Waals surface area contributed by atoms with E-state index in [9.17, 15) is 38.4 Å². The summed E-state index contributed by atoms with van der Waals surface area (Å²) in [7, 11) is 13.8. The van der Waals surface area contributed by atoms with Gasteiger partial charge in [-0.05, 0) is 39.5 Å². The number of aliphatic carboxylic acids is 1. The molecule has 0 fully saturated rings. The van der Waals surface area contributed by atoms with Crippen LogP contribution in [0.5, 0.6) is 0 Å². The molecule has 0 aromatic rings. The Morgan fingerprint density at radius 3 is 1.18 bits per heavy atom. The summed E-state index contributed by atoms with van der Waals surface area (Å²) in [4.78, 5) is 98.5. The first-order chi connectivity index (χ1) is 24.9. The Labute approximate surface area is 331 Å². The Morgan fingerprint density at radius 2 is 0.909 bits per heavy atom. The molecular formula is C32H60BClN6O14P+. The predicted octanol–water partition coefficient (Wildman–Crippen LogP) is 2.91. The zero-order valence-electron chi connectivity index (χ0n) is 34.8. The number of halogens is 1. The number of carbonyl (C=O) groups is 8. The number of esters is 3. The van der Waals surface area contributed by atoms with Gasteiger partial charge in [0.2, 0.25) is 0 Å². The van der Waals surface area contributed by atoms with E-state index in [1.807, 2.05) is 27.7 Å². The molecule has 55 heavy (non-hydrogen) atoms. The van der Waals surface area contributed by atoms with Gasteiger partial charge >= 0.3 is 62.6 Å².